The van der Waals surface area contributed by atoms with Gasteiger partial charge in [0.2, 0.25) is 0 Å². The van der Waals surface area contributed by atoms with E-state index in [9.17, 15) is 28.3 Å². The van der Waals surface area contributed by atoms with E-state index < -0.39 is 46.5 Å². The van der Waals surface area contributed by atoms with Crippen molar-refractivity contribution in [2.24, 2.45) is 0 Å². The number of hydrogen-bond donors (Lipinski definition) is 1. The molecule has 0 saturated carbocycles. The highest BCUT2D eigenvalue weighted by Crippen LogP contribution is 2.33. The number of carbonyl (C=O) groups excluding carboxylic acids is 2. The van der Waals surface area contributed by atoms with Crippen LogP contribution in [0.1, 0.15) is 10.4 Å². The summed E-state index contributed by atoms with van der Waals surface area (Å²) in [6.45, 7) is 0. The summed E-state index contributed by atoms with van der Waals surface area (Å²) in [7, 11) is 2.08. The highest BCUT2D eigenvalue weighted by atomic mass is 19.1. The number of esters is 2. The second kappa shape index (κ2) is 7.60. The van der Waals surface area contributed by atoms with Gasteiger partial charge in [-0.25, -0.2) is 23.2 Å². The molecular formula is C17H13F2NO6. The number of methoxy groups -OCH3 is 2. The van der Waals surface area contributed by atoms with Crippen LogP contribution in [0.5, 0.6) is 0 Å². The summed E-state index contributed by atoms with van der Waals surface area (Å²) >= 11 is 0. The second-order valence-electron chi connectivity index (χ2n) is 4.87. The molecule has 1 aliphatic heterocycles. The van der Waals surface area contributed by atoms with Crippen LogP contribution in [-0.4, -0.2) is 37.2 Å². The molecule has 1 heterocycles. The van der Waals surface area contributed by atoms with Crippen LogP contribution in [0.3, 0.4) is 0 Å². The molecule has 1 aliphatic rings. The van der Waals surface area contributed by atoms with E-state index in [1.54, 1.807) is 0 Å². The molecule has 0 unspecified atom stereocenters. The molecule has 0 spiro atoms. The van der Waals surface area contributed by atoms with Gasteiger partial charge in [-0.3, -0.25) is 0 Å². The fraction of sp³-hybridized carbons (Fsp3) is 0.118. The van der Waals surface area contributed by atoms with Crippen LogP contribution < -0.4 is 4.90 Å². The third kappa shape index (κ3) is 3.32. The zero-order valence-corrected chi connectivity index (χ0v) is 13.7. The van der Waals surface area contributed by atoms with Gasteiger partial charge in [0.15, 0.2) is 0 Å². The number of carbonyl (C=O) groups is 3. The van der Waals surface area contributed by atoms with Gasteiger partial charge in [0, 0.05) is 6.20 Å². The minimum absolute atomic E-state index is 0.329. The Morgan fingerprint density at radius 1 is 1.00 bits per heavy atom. The lowest BCUT2D eigenvalue weighted by Crippen LogP contribution is -2.29. The fourth-order valence-electron chi connectivity index (χ4n) is 2.32. The minimum atomic E-state index is -1.76. The number of rotatable bonds is 4. The number of carboxylic acids is 1. The Kier molecular flexibility index (Phi) is 5.51. The van der Waals surface area contributed by atoms with Gasteiger partial charge in [0.25, 0.3) is 0 Å². The molecule has 0 bridgehead atoms. The molecule has 0 radical (unpaired) electrons. The second-order valence-corrected chi connectivity index (χ2v) is 4.87. The van der Waals surface area contributed by atoms with Crippen LogP contribution in [0.4, 0.5) is 14.5 Å². The third-order valence-electron chi connectivity index (χ3n) is 3.42. The van der Waals surface area contributed by atoms with Crippen molar-refractivity contribution in [1.82, 2.24) is 0 Å². The van der Waals surface area contributed by atoms with Crippen molar-refractivity contribution in [2.45, 2.75) is 0 Å². The van der Waals surface area contributed by atoms with Crippen LogP contribution >= 0.6 is 0 Å². The molecule has 0 aromatic heterocycles. The molecule has 0 amide bonds. The molecule has 2 rings (SSSR count). The van der Waals surface area contributed by atoms with E-state index in [-0.39, 0.29) is 5.57 Å². The first-order valence-corrected chi connectivity index (χ1v) is 7.09. The van der Waals surface area contributed by atoms with E-state index >= 15 is 0 Å². The van der Waals surface area contributed by atoms with Crippen molar-refractivity contribution in [2.75, 3.05) is 19.1 Å². The maximum Gasteiger partial charge on any atom is 0.355 e. The SMILES string of the molecule is COC(=O)C1=C(C(=O)OC)N(c2c(F)ccc(F)c2C(=O)O)C=CC=C1. The molecule has 0 aliphatic carbocycles. The average molecular weight is 365 g/mol. The number of ether oxygens (including phenoxy) is 2. The summed E-state index contributed by atoms with van der Waals surface area (Å²) in [5.74, 6) is -6.14. The molecule has 7 nitrogen and oxygen atoms in total. The van der Waals surface area contributed by atoms with Crippen molar-refractivity contribution in [3.05, 3.63) is 65.0 Å². The number of aromatic carboxylic acids is 1. The largest absolute Gasteiger partial charge is 0.478 e. The lowest BCUT2D eigenvalue weighted by atomic mass is 10.1. The first-order valence-electron chi connectivity index (χ1n) is 7.09. The van der Waals surface area contributed by atoms with Gasteiger partial charge in [-0.1, -0.05) is 6.08 Å². The predicted octanol–water partition coefficient (Wildman–Crippen LogP) is 2.15. The molecule has 0 fully saturated rings. The topological polar surface area (TPSA) is 93.1 Å². The molecule has 136 valence electrons. The van der Waals surface area contributed by atoms with Crippen molar-refractivity contribution in [3.63, 3.8) is 0 Å². The molecule has 0 saturated heterocycles. The number of halogens is 2. The average Bonchev–Trinajstić information content (AvgIpc) is 2.84. The molecule has 9 heteroatoms. The first-order chi connectivity index (χ1) is 12.3. The van der Waals surface area contributed by atoms with E-state index in [0.717, 1.165) is 25.3 Å². The smallest absolute Gasteiger partial charge is 0.355 e. The Morgan fingerprint density at radius 3 is 2.19 bits per heavy atom. The number of carboxylic acid groups (broad SMARTS) is 1. The van der Waals surface area contributed by atoms with Gasteiger partial charge in [-0.2, -0.15) is 0 Å². The number of allylic oxidation sites excluding steroid dienone is 2. The number of benzene rings is 1. The molecule has 1 N–H and O–H groups in total. The lowest BCUT2D eigenvalue weighted by Gasteiger charge is -2.25. The lowest BCUT2D eigenvalue weighted by molar-refractivity contribution is -0.139. The third-order valence-corrected chi connectivity index (χ3v) is 3.42. The number of anilines is 1. The van der Waals surface area contributed by atoms with E-state index in [1.165, 1.54) is 18.2 Å². The minimum Gasteiger partial charge on any atom is -0.478 e. The van der Waals surface area contributed by atoms with Gasteiger partial charge in [0.05, 0.1) is 25.5 Å². The molecular weight excluding hydrogens is 352 g/mol. The number of hydrogen-bond acceptors (Lipinski definition) is 6. The van der Waals surface area contributed by atoms with E-state index in [1.807, 2.05) is 0 Å². The van der Waals surface area contributed by atoms with E-state index in [4.69, 9.17) is 0 Å². The standard InChI is InChI=1S/C17H13F2NO6/c1-25-16(23)9-5-3-4-8-20(13(9)17(24)26-2)14-11(19)7-6-10(18)12(14)15(21)22/h3-8H,1-2H3,(H,21,22). The maximum atomic E-state index is 14.4. The zero-order chi connectivity index (χ0) is 19.4. The highest BCUT2D eigenvalue weighted by Gasteiger charge is 2.32. The fourth-order valence-corrected chi connectivity index (χ4v) is 2.32. The Hall–Kier alpha value is -3.49. The van der Waals surface area contributed by atoms with Gasteiger partial charge >= 0.3 is 17.9 Å². The van der Waals surface area contributed by atoms with Crippen LogP contribution in [0.25, 0.3) is 0 Å². The molecule has 1 aromatic carbocycles. The maximum absolute atomic E-state index is 14.4. The number of nitrogens with zero attached hydrogens (tertiary/aromatic N) is 1. The predicted molar refractivity (Wildman–Crippen MR) is 85.1 cm³/mol. The van der Waals surface area contributed by atoms with Crippen molar-refractivity contribution in [1.29, 1.82) is 0 Å². The van der Waals surface area contributed by atoms with Gasteiger partial charge in [-0.05, 0) is 24.3 Å². The van der Waals surface area contributed by atoms with Crippen LogP contribution in [0, 0.1) is 11.6 Å². The van der Waals surface area contributed by atoms with Crippen LogP contribution in [0.2, 0.25) is 0 Å². The molecule has 26 heavy (non-hydrogen) atoms. The van der Waals surface area contributed by atoms with Crippen LogP contribution in [-0.2, 0) is 19.1 Å². The zero-order valence-electron chi connectivity index (χ0n) is 13.7. The summed E-state index contributed by atoms with van der Waals surface area (Å²) in [5.41, 5.74) is -2.64. The summed E-state index contributed by atoms with van der Waals surface area (Å²) in [6, 6.07) is 1.35. The summed E-state index contributed by atoms with van der Waals surface area (Å²) in [6.07, 6.45) is 4.94. The van der Waals surface area contributed by atoms with Gasteiger partial charge < -0.3 is 19.5 Å². The van der Waals surface area contributed by atoms with Crippen molar-refractivity contribution < 1.29 is 37.7 Å². The molecule has 0 atom stereocenters. The quantitative estimate of drug-likeness (QED) is 0.817. The summed E-state index contributed by atoms with van der Waals surface area (Å²) in [4.78, 5) is 36.5. The normalized spacial score (nSPS) is 13.5. The summed E-state index contributed by atoms with van der Waals surface area (Å²) < 4.78 is 37.7. The monoisotopic (exact) mass is 365 g/mol. The Morgan fingerprint density at radius 2 is 1.62 bits per heavy atom. The first kappa shape index (κ1) is 18.8. The van der Waals surface area contributed by atoms with E-state index in [0.29, 0.717) is 12.1 Å². The van der Waals surface area contributed by atoms with Crippen LogP contribution in [0.15, 0.2) is 47.8 Å². The summed E-state index contributed by atoms with van der Waals surface area (Å²) in [5, 5.41) is 9.28. The van der Waals surface area contributed by atoms with Gasteiger partial charge in [0.1, 0.15) is 22.9 Å². The Labute approximate surface area is 146 Å². The molecule has 1 aromatic rings. The van der Waals surface area contributed by atoms with Crippen molar-refractivity contribution in [3.8, 4) is 0 Å². The Balaban J connectivity index is 2.87. The highest BCUT2D eigenvalue weighted by molar-refractivity contribution is 6.07. The van der Waals surface area contributed by atoms with Crippen molar-refractivity contribution >= 4 is 23.6 Å². The van der Waals surface area contributed by atoms with E-state index in [2.05, 4.69) is 9.47 Å². The van der Waals surface area contributed by atoms with Gasteiger partial charge in [-0.15, -0.1) is 0 Å². The Bertz CT molecular complexity index is 872.